The summed E-state index contributed by atoms with van der Waals surface area (Å²) in [6.07, 6.45) is 0.155. The number of hydrogen-bond donors (Lipinski definition) is 2. The second-order valence-corrected chi connectivity index (χ2v) is 11.0. The molecular weight excluding hydrogens is 442 g/mol. The van der Waals surface area contributed by atoms with E-state index in [9.17, 15) is 13.5 Å². The number of rotatable bonds is 11. The average molecular weight is 474 g/mol. The van der Waals surface area contributed by atoms with Gasteiger partial charge in [0.05, 0.1) is 17.1 Å². The molecule has 0 radical (unpaired) electrons. The fourth-order valence-corrected chi connectivity index (χ4v) is 5.41. The molecule has 1 unspecified atom stereocenters. The predicted molar refractivity (Wildman–Crippen MR) is 124 cm³/mol. The van der Waals surface area contributed by atoms with Gasteiger partial charge in [0.15, 0.2) is 11.5 Å². The molecule has 0 bridgehead atoms. The number of aliphatic hydroxyl groups excluding tert-OH is 1. The minimum Gasteiger partial charge on any atom is -0.454 e. The fraction of sp³-hybridized carbons (Fsp3) is 0.458. The van der Waals surface area contributed by atoms with Crippen molar-refractivity contribution in [2.75, 3.05) is 19.9 Å². The molecule has 33 heavy (non-hydrogen) atoms. The summed E-state index contributed by atoms with van der Waals surface area (Å²) in [7, 11) is -3.98. The monoisotopic (exact) mass is 473 g/mol. The van der Waals surface area contributed by atoms with E-state index in [1.807, 2.05) is 44.2 Å². The second-order valence-electron chi connectivity index (χ2n) is 9.06. The van der Waals surface area contributed by atoms with Gasteiger partial charge in [0.2, 0.25) is 16.8 Å². The Morgan fingerprint density at radius 1 is 1.18 bits per heavy atom. The zero-order chi connectivity index (χ0) is 24.1. The van der Waals surface area contributed by atoms with Crippen LogP contribution in [0.4, 0.5) is 0 Å². The van der Waals surface area contributed by atoms with Crippen LogP contribution in [0.3, 0.4) is 0 Å². The number of aliphatic hydroxyl groups is 1. The predicted octanol–water partition coefficient (Wildman–Crippen LogP) is 2.67. The van der Waals surface area contributed by atoms with Crippen LogP contribution < -0.4 is 15.2 Å². The molecule has 0 amide bonds. The molecule has 3 N–H and O–H groups in total. The van der Waals surface area contributed by atoms with E-state index in [1.165, 1.54) is 16.4 Å². The van der Waals surface area contributed by atoms with Crippen LogP contribution in [0.2, 0.25) is 0 Å². The van der Waals surface area contributed by atoms with Crippen molar-refractivity contribution in [3.63, 3.8) is 0 Å². The summed E-state index contributed by atoms with van der Waals surface area (Å²) in [6.45, 7) is 3.81. The summed E-state index contributed by atoms with van der Waals surface area (Å²) in [5.74, 6) is 0.848. The number of sulfonamides is 1. The lowest BCUT2D eigenvalue weighted by Gasteiger charge is -2.34. The first-order chi connectivity index (χ1) is 15.6. The van der Waals surface area contributed by atoms with Crippen molar-refractivity contribution >= 4 is 10.0 Å². The molecule has 0 aliphatic carbocycles. The van der Waals surface area contributed by atoms with Crippen LogP contribution in [0.5, 0.6) is 11.5 Å². The highest BCUT2D eigenvalue weighted by Gasteiger charge is 2.34. The van der Waals surface area contributed by atoms with E-state index < -0.39 is 27.6 Å². The highest BCUT2D eigenvalue weighted by Crippen LogP contribution is 2.35. The molecule has 0 aromatic heterocycles. The zero-order valence-corrected chi connectivity index (χ0v) is 19.8. The van der Waals surface area contributed by atoms with Crippen LogP contribution in [0.25, 0.3) is 0 Å². The summed E-state index contributed by atoms with van der Waals surface area (Å²) < 4.78 is 39.1. The van der Waals surface area contributed by atoms with Gasteiger partial charge in [-0.1, -0.05) is 44.2 Å². The van der Waals surface area contributed by atoms with Crippen LogP contribution in [0.1, 0.15) is 32.3 Å². The van der Waals surface area contributed by atoms with Crippen LogP contribution >= 0.6 is 0 Å². The smallest absolute Gasteiger partial charge is 0.243 e. The maximum Gasteiger partial charge on any atom is 0.243 e. The van der Waals surface area contributed by atoms with Crippen molar-refractivity contribution in [1.82, 2.24) is 4.31 Å². The minimum atomic E-state index is -3.98. The van der Waals surface area contributed by atoms with Crippen LogP contribution in [0.15, 0.2) is 53.4 Å². The SMILES string of the molecule is CC(C)(CCC#N)CN(C[C@@H](O)C(N)Cc1ccccc1)S(=O)(=O)c1ccc2c(c1)OCO2. The molecule has 0 fully saturated rings. The molecule has 3 rings (SSSR count). The number of nitrogens with two attached hydrogens (primary N) is 1. The topological polar surface area (TPSA) is 126 Å². The van der Waals surface area contributed by atoms with Crippen molar-refractivity contribution in [2.24, 2.45) is 11.1 Å². The molecule has 1 aliphatic heterocycles. The van der Waals surface area contributed by atoms with Gasteiger partial charge in [-0.25, -0.2) is 8.42 Å². The first-order valence-corrected chi connectivity index (χ1v) is 12.3. The molecule has 9 heteroatoms. The van der Waals surface area contributed by atoms with Gasteiger partial charge in [0.1, 0.15) is 0 Å². The van der Waals surface area contributed by atoms with Crippen molar-refractivity contribution < 1.29 is 23.0 Å². The number of benzene rings is 2. The lowest BCUT2D eigenvalue weighted by molar-refractivity contribution is 0.106. The Bertz CT molecular complexity index is 1080. The third-order valence-electron chi connectivity index (χ3n) is 5.70. The van der Waals surface area contributed by atoms with Gasteiger partial charge >= 0.3 is 0 Å². The first kappa shape index (κ1) is 25.0. The van der Waals surface area contributed by atoms with Crippen LogP contribution in [-0.2, 0) is 16.4 Å². The highest BCUT2D eigenvalue weighted by molar-refractivity contribution is 7.89. The van der Waals surface area contributed by atoms with E-state index in [4.69, 9.17) is 20.5 Å². The summed E-state index contributed by atoms with van der Waals surface area (Å²) in [5.41, 5.74) is 6.72. The molecular formula is C24H31N3O5S. The van der Waals surface area contributed by atoms with Gasteiger partial charge in [0, 0.05) is 31.6 Å². The fourth-order valence-electron chi connectivity index (χ4n) is 3.75. The first-order valence-electron chi connectivity index (χ1n) is 10.9. The number of hydrogen-bond acceptors (Lipinski definition) is 7. The van der Waals surface area contributed by atoms with E-state index in [-0.39, 0.29) is 24.8 Å². The van der Waals surface area contributed by atoms with Gasteiger partial charge < -0.3 is 20.3 Å². The largest absolute Gasteiger partial charge is 0.454 e. The zero-order valence-electron chi connectivity index (χ0n) is 19.0. The highest BCUT2D eigenvalue weighted by atomic mass is 32.2. The van der Waals surface area contributed by atoms with Gasteiger partial charge in [-0.15, -0.1) is 0 Å². The van der Waals surface area contributed by atoms with Crippen LogP contribution in [-0.4, -0.2) is 49.9 Å². The maximum atomic E-state index is 13.6. The number of nitrogens with zero attached hydrogens (tertiary/aromatic N) is 2. The Morgan fingerprint density at radius 3 is 2.58 bits per heavy atom. The Labute approximate surface area is 195 Å². The summed E-state index contributed by atoms with van der Waals surface area (Å²) in [6, 6.07) is 15.4. The lowest BCUT2D eigenvalue weighted by Crippen LogP contribution is -2.48. The Hall–Kier alpha value is -2.64. The summed E-state index contributed by atoms with van der Waals surface area (Å²) >= 11 is 0. The molecule has 0 spiro atoms. The number of nitriles is 1. The van der Waals surface area contributed by atoms with E-state index in [0.29, 0.717) is 30.8 Å². The summed E-state index contributed by atoms with van der Waals surface area (Å²) in [4.78, 5) is 0.0478. The Balaban J connectivity index is 1.84. The summed E-state index contributed by atoms with van der Waals surface area (Å²) in [5, 5.41) is 19.8. The van der Waals surface area contributed by atoms with E-state index in [0.717, 1.165) is 5.56 Å². The number of fused-ring (bicyclic) bond motifs is 1. The van der Waals surface area contributed by atoms with Gasteiger partial charge in [-0.05, 0) is 36.0 Å². The van der Waals surface area contributed by atoms with E-state index in [2.05, 4.69) is 6.07 Å². The van der Waals surface area contributed by atoms with Gasteiger partial charge in [-0.3, -0.25) is 0 Å². The number of ether oxygens (including phenoxy) is 2. The van der Waals surface area contributed by atoms with Crippen molar-refractivity contribution in [3.05, 3.63) is 54.1 Å². The Morgan fingerprint density at radius 2 is 1.88 bits per heavy atom. The molecule has 2 aromatic carbocycles. The molecule has 0 saturated heterocycles. The maximum absolute atomic E-state index is 13.6. The third-order valence-corrected chi connectivity index (χ3v) is 7.51. The molecule has 1 heterocycles. The second kappa shape index (κ2) is 10.5. The molecule has 1 aliphatic rings. The molecule has 2 atom stereocenters. The molecule has 0 saturated carbocycles. The lowest BCUT2D eigenvalue weighted by atomic mass is 9.88. The van der Waals surface area contributed by atoms with E-state index >= 15 is 0 Å². The Kier molecular flexibility index (Phi) is 7.97. The minimum absolute atomic E-state index is 0.0385. The average Bonchev–Trinajstić information content (AvgIpc) is 3.25. The van der Waals surface area contributed by atoms with E-state index in [1.54, 1.807) is 6.07 Å². The normalized spacial score (nSPS) is 15.3. The van der Waals surface area contributed by atoms with Gasteiger partial charge in [-0.2, -0.15) is 9.57 Å². The van der Waals surface area contributed by atoms with Crippen molar-refractivity contribution in [1.29, 1.82) is 5.26 Å². The molecule has 2 aromatic rings. The third kappa shape index (κ3) is 6.45. The van der Waals surface area contributed by atoms with Crippen LogP contribution in [0, 0.1) is 16.7 Å². The van der Waals surface area contributed by atoms with Crippen molar-refractivity contribution in [3.8, 4) is 17.6 Å². The van der Waals surface area contributed by atoms with Crippen molar-refractivity contribution in [2.45, 2.75) is 50.2 Å². The van der Waals surface area contributed by atoms with Gasteiger partial charge in [0.25, 0.3) is 0 Å². The quantitative estimate of drug-likeness (QED) is 0.514. The standard InChI is InChI=1S/C24H31N3O5S/c1-24(2,11-6-12-25)16-27(15-21(28)20(26)13-18-7-4-3-5-8-18)33(29,30)19-9-10-22-23(14-19)32-17-31-22/h3-5,7-10,14,20-21,28H,6,11,13,15-17,26H2,1-2H3/t20?,21-/m1/s1. The molecule has 8 nitrogen and oxygen atoms in total. The molecule has 178 valence electrons.